The first-order valence-electron chi connectivity index (χ1n) is 6.44. The number of carbonyl (C=O) groups excluding carboxylic acids is 2. The molecule has 2 N–H and O–H groups in total. The molecule has 0 aromatic heterocycles. The summed E-state index contributed by atoms with van der Waals surface area (Å²) in [5.41, 5.74) is 5.43. The van der Waals surface area contributed by atoms with Crippen molar-refractivity contribution < 1.29 is 27.5 Å². The number of nitrogens with zero attached hydrogens (tertiary/aromatic N) is 1. The van der Waals surface area contributed by atoms with Crippen LogP contribution in [0.15, 0.2) is 18.2 Å². The van der Waals surface area contributed by atoms with Crippen LogP contribution in [0.2, 0.25) is 0 Å². The Morgan fingerprint density at radius 2 is 1.91 bits per heavy atom. The number of anilines is 1. The molecule has 0 radical (unpaired) electrons. The molecule has 0 saturated carbocycles. The average molecular weight is 353 g/mol. The molecule has 0 fully saturated rings. The summed E-state index contributed by atoms with van der Waals surface area (Å²) in [5.74, 6) is -2.97. The van der Waals surface area contributed by atoms with E-state index in [-0.39, 0.29) is 25.4 Å². The van der Waals surface area contributed by atoms with Crippen molar-refractivity contribution in [1.82, 2.24) is 4.90 Å². The summed E-state index contributed by atoms with van der Waals surface area (Å²) < 4.78 is 43.1. The fraction of sp³-hybridized carbons (Fsp3) is 0.429. The van der Waals surface area contributed by atoms with Gasteiger partial charge in [0.05, 0.1) is 7.11 Å². The molecule has 5 nitrogen and oxygen atoms in total. The largest absolute Gasteiger partial charge is 0.471 e. The summed E-state index contributed by atoms with van der Waals surface area (Å²) in [5, 5.41) is 0. The SMILES string of the molecule is COC(=O)C1(C)Cc2ccc(N)cc2CN1C(=O)C(F)(F)F.Cl. The van der Waals surface area contributed by atoms with E-state index in [4.69, 9.17) is 5.73 Å². The van der Waals surface area contributed by atoms with Crippen LogP contribution in [-0.4, -0.2) is 35.6 Å². The van der Waals surface area contributed by atoms with Crippen LogP contribution in [0.25, 0.3) is 0 Å². The molecule has 1 aromatic rings. The molecule has 23 heavy (non-hydrogen) atoms. The fourth-order valence-electron chi connectivity index (χ4n) is 2.63. The van der Waals surface area contributed by atoms with Gasteiger partial charge in [0.15, 0.2) is 0 Å². The van der Waals surface area contributed by atoms with Crippen LogP contribution >= 0.6 is 12.4 Å². The number of nitrogen functional groups attached to an aromatic ring is 1. The average Bonchev–Trinajstić information content (AvgIpc) is 2.44. The van der Waals surface area contributed by atoms with Gasteiger partial charge in [-0.25, -0.2) is 4.79 Å². The van der Waals surface area contributed by atoms with E-state index in [1.807, 2.05) is 0 Å². The van der Waals surface area contributed by atoms with Crippen LogP contribution in [0.3, 0.4) is 0 Å². The van der Waals surface area contributed by atoms with Gasteiger partial charge in [-0.3, -0.25) is 4.79 Å². The van der Waals surface area contributed by atoms with Gasteiger partial charge in [-0.15, -0.1) is 12.4 Å². The van der Waals surface area contributed by atoms with E-state index in [0.717, 1.165) is 7.11 Å². The van der Waals surface area contributed by atoms with Crippen molar-refractivity contribution in [3.8, 4) is 0 Å². The van der Waals surface area contributed by atoms with E-state index in [1.165, 1.54) is 13.0 Å². The molecule has 0 spiro atoms. The number of ether oxygens (including phenoxy) is 1. The summed E-state index contributed by atoms with van der Waals surface area (Å²) in [6.07, 6.45) is -5.15. The second-order valence-electron chi connectivity index (χ2n) is 5.36. The predicted molar refractivity (Wildman–Crippen MR) is 78.8 cm³/mol. The van der Waals surface area contributed by atoms with E-state index in [1.54, 1.807) is 12.1 Å². The number of rotatable bonds is 1. The molecule has 1 atom stereocenters. The second-order valence-corrected chi connectivity index (χ2v) is 5.36. The molecule has 1 heterocycles. The molecular formula is C14H16ClF3N2O3. The Morgan fingerprint density at radius 1 is 1.30 bits per heavy atom. The minimum Gasteiger partial charge on any atom is -0.467 e. The molecule has 9 heteroatoms. The number of alkyl halides is 3. The Bertz CT molecular complexity index is 636. The highest BCUT2D eigenvalue weighted by atomic mass is 35.5. The topological polar surface area (TPSA) is 72.6 Å². The number of carbonyl (C=O) groups is 2. The molecule has 0 aliphatic carbocycles. The number of methoxy groups -OCH3 is 1. The Balaban J connectivity index is 0.00000264. The maximum Gasteiger partial charge on any atom is 0.471 e. The quantitative estimate of drug-likeness (QED) is 0.620. The van der Waals surface area contributed by atoms with E-state index >= 15 is 0 Å². The molecule has 1 aliphatic heterocycles. The lowest BCUT2D eigenvalue weighted by atomic mass is 9.83. The summed E-state index contributed by atoms with van der Waals surface area (Å²) in [7, 11) is 1.07. The Labute approximate surface area is 137 Å². The molecule has 1 aliphatic rings. The summed E-state index contributed by atoms with van der Waals surface area (Å²) in [6.45, 7) is 0.909. The summed E-state index contributed by atoms with van der Waals surface area (Å²) >= 11 is 0. The van der Waals surface area contributed by atoms with Gasteiger partial charge >= 0.3 is 18.1 Å². The molecular weight excluding hydrogens is 337 g/mol. The van der Waals surface area contributed by atoms with E-state index in [0.29, 0.717) is 21.7 Å². The van der Waals surface area contributed by atoms with Crippen molar-refractivity contribution in [3.05, 3.63) is 29.3 Å². The highest BCUT2D eigenvalue weighted by Crippen LogP contribution is 2.35. The molecule has 1 amide bonds. The van der Waals surface area contributed by atoms with Crippen molar-refractivity contribution in [2.75, 3.05) is 12.8 Å². The summed E-state index contributed by atoms with van der Waals surface area (Å²) in [4.78, 5) is 24.2. The highest BCUT2D eigenvalue weighted by Gasteiger charge is 2.53. The van der Waals surface area contributed by atoms with Gasteiger partial charge < -0.3 is 15.4 Å². The molecule has 0 saturated heterocycles. The van der Waals surface area contributed by atoms with Gasteiger partial charge in [0.25, 0.3) is 0 Å². The van der Waals surface area contributed by atoms with Crippen molar-refractivity contribution in [2.45, 2.75) is 31.6 Å². The lowest BCUT2D eigenvalue weighted by molar-refractivity contribution is -0.196. The minimum atomic E-state index is -5.08. The van der Waals surface area contributed by atoms with Crippen LogP contribution in [0.1, 0.15) is 18.1 Å². The number of hydrogen-bond donors (Lipinski definition) is 1. The zero-order valence-electron chi connectivity index (χ0n) is 12.4. The fourth-order valence-corrected chi connectivity index (χ4v) is 2.63. The van der Waals surface area contributed by atoms with Crippen molar-refractivity contribution >= 4 is 30.0 Å². The number of fused-ring (bicyclic) bond motifs is 1. The first-order chi connectivity index (χ1) is 10.1. The van der Waals surface area contributed by atoms with Crippen LogP contribution in [0.5, 0.6) is 0 Å². The van der Waals surface area contributed by atoms with Gasteiger partial charge in [0, 0.05) is 18.7 Å². The lowest BCUT2D eigenvalue weighted by Crippen LogP contribution is -2.61. The number of nitrogens with two attached hydrogens (primary N) is 1. The minimum absolute atomic E-state index is 0. The normalized spacial score (nSPS) is 20.3. The van der Waals surface area contributed by atoms with Gasteiger partial charge in [0.1, 0.15) is 5.54 Å². The maximum absolute atomic E-state index is 12.8. The van der Waals surface area contributed by atoms with Crippen molar-refractivity contribution in [1.29, 1.82) is 0 Å². The first kappa shape index (κ1) is 19.1. The number of halogens is 4. The van der Waals surface area contributed by atoms with E-state index < -0.39 is 23.6 Å². The van der Waals surface area contributed by atoms with Gasteiger partial charge in [-0.2, -0.15) is 13.2 Å². The standard InChI is InChI=1S/C14H15F3N2O3.ClH/c1-13(12(21)22-2)6-8-3-4-10(18)5-9(8)7-19(13)11(20)14(15,16)17;/h3-5H,6-7,18H2,1-2H3;1H. The number of esters is 1. The lowest BCUT2D eigenvalue weighted by Gasteiger charge is -2.43. The second kappa shape index (κ2) is 6.27. The zero-order valence-corrected chi connectivity index (χ0v) is 13.3. The van der Waals surface area contributed by atoms with Gasteiger partial charge in [0.2, 0.25) is 0 Å². The zero-order chi connectivity index (χ0) is 16.7. The highest BCUT2D eigenvalue weighted by molar-refractivity contribution is 5.91. The van der Waals surface area contributed by atoms with Crippen LogP contribution in [0.4, 0.5) is 18.9 Å². The maximum atomic E-state index is 12.8. The Hall–Kier alpha value is -1.96. The third-order valence-electron chi connectivity index (χ3n) is 3.80. The third-order valence-corrected chi connectivity index (χ3v) is 3.80. The smallest absolute Gasteiger partial charge is 0.467 e. The van der Waals surface area contributed by atoms with Crippen LogP contribution in [0, 0.1) is 0 Å². The Kier molecular flexibility index (Phi) is 5.20. The van der Waals surface area contributed by atoms with E-state index in [9.17, 15) is 22.8 Å². The van der Waals surface area contributed by atoms with Crippen molar-refractivity contribution in [3.63, 3.8) is 0 Å². The molecule has 128 valence electrons. The number of hydrogen-bond acceptors (Lipinski definition) is 4. The Morgan fingerprint density at radius 3 is 2.43 bits per heavy atom. The van der Waals surface area contributed by atoms with Crippen LogP contribution in [-0.2, 0) is 27.3 Å². The predicted octanol–water partition coefficient (Wildman–Crippen LogP) is 2.07. The van der Waals surface area contributed by atoms with Crippen LogP contribution < -0.4 is 5.73 Å². The number of amides is 1. The molecule has 1 aromatic carbocycles. The molecule has 1 unspecified atom stereocenters. The van der Waals surface area contributed by atoms with E-state index in [2.05, 4.69) is 4.74 Å². The van der Waals surface area contributed by atoms with Gasteiger partial charge in [-0.05, 0) is 30.2 Å². The number of benzene rings is 1. The first-order valence-corrected chi connectivity index (χ1v) is 6.44. The monoisotopic (exact) mass is 352 g/mol. The third kappa shape index (κ3) is 3.36. The van der Waals surface area contributed by atoms with Gasteiger partial charge in [-0.1, -0.05) is 6.07 Å². The molecule has 2 rings (SSSR count). The van der Waals surface area contributed by atoms with Crippen molar-refractivity contribution in [2.24, 2.45) is 0 Å². The molecule has 0 bridgehead atoms. The summed E-state index contributed by atoms with van der Waals surface area (Å²) in [6, 6.07) is 4.74.